The van der Waals surface area contributed by atoms with Crippen LogP contribution in [0.4, 0.5) is 5.69 Å². The molecule has 0 aliphatic heterocycles. The van der Waals surface area contributed by atoms with Crippen molar-refractivity contribution in [3.8, 4) is 0 Å². The Morgan fingerprint density at radius 2 is 1.94 bits per heavy atom. The number of nitrogens with zero attached hydrogens (tertiary/aromatic N) is 4. The van der Waals surface area contributed by atoms with Crippen LogP contribution in [-0.2, 0) is 14.3 Å². The van der Waals surface area contributed by atoms with Crippen LogP contribution in [0.25, 0.3) is 16.5 Å². The molecule has 0 atom stereocenters. The molecule has 2 aromatic rings. The first kappa shape index (κ1) is 26.3. The van der Waals surface area contributed by atoms with E-state index in [-0.39, 0.29) is 12.0 Å². The highest BCUT2D eigenvalue weighted by Crippen LogP contribution is 2.16. The summed E-state index contributed by atoms with van der Waals surface area (Å²) in [6.45, 7) is 2.19. The van der Waals surface area contributed by atoms with Gasteiger partial charge in [-0.2, -0.15) is 0 Å². The van der Waals surface area contributed by atoms with Gasteiger partial charge < -0.3 is 20.1 Å². The minimum absolute atomic E-state index is 0.100. The Labute approximate surface area is 198 Å². The molecule has 178 valence electrons. The third-order valence-corrected chi connectivity index (χ3v) is 4.66. The van der Waals surface area contributed by atoms with Gasteiger partial charge >= 0.3 is 0 Å². The first-order valence-electron chi connectivity index (χ1n) is 10.6. The molecule has 0 saturated heterocycles. The maximum absolute atomic E-state index is 12.9. The first-order valence-corrected chi connectivity index (χ1v) is 10.6. The average molecular weight is 465 g/mol. The molecule has 1 aromatic heterocycles. The molecule has 2 amide bonds. The van der Waals surface area contributed by atoms with Gasteiger partial charge in [0.25, 0.3) is 11.8 Å². The monoisotopic (exact) mass is 464 g/mol. The smallest absolute Gasteiger partial charge is 0.267 e. The molecule has 1 aromatic carbocycles. The van der Waals surface area contributed by atoms with Gasteiger partial charge in [0.2, 0.25) is 0 Å². The van der Waals surface area contributed by atoms with Crippen LogP contribution in [0.15, 0.2) is 71.3 Å². The van der Waals surface area contributed by atoms with Crippen molar-refractivity contribution < 1.29 is 19.1 Å². The molecule has 0 saturated carbocycles. The molecule has 34 heavy (non-hydrogen) atoms. The molecule has 1 heterocycles. The van der Waals surface area contributed by atoms with Gasteiger partial charge in [-0.3, -0.25) is 14.6 Å². The Hall–Kier alpha value is -3.98. The van der Waals surface area contributed by atoms with Crippen molar-refractivity contribution in [3.05, 3.63) is 87.7 Å². The van der Waals surface area contributed by atoms with Crippen LogP contribution < -0.4 is 10.6 Å². The number of benzene rings is 1. The Kier molecular flexibility index (Phi) is 11.0. The molecule has 10 heteroatoms. The van der Waals surface area contributed by atoms with E-state index in [1.807, 2.05) is 13.0 Å². The summed E-state index contributed by atoms with van der Waals surface area (Å²) in [7, 11) is 3.11. The fourth-order valence-electron chi connectivity index (χ4n) is 2.97. The fourth-order valence-corrected chi connectivity index (χ4v) is 2.97. The van der Waals surface area contributed by atoms with Crippen molar-refractivity contribution in [2.75, 3.05) is 20.8 Å². The molecule has 0 aliphatic rings. The summed E-state index contributed by atoms with van der Waals surface area (Å²) in [4.78, 5) is 32.2. The second kappa shape index (κ2) is 14.2. The van der Waals surface area contributed by atoms with Crippen LogP contribution in [0.5, 0.6) is 0 Å². The van der Waals surface area contributed by atoms with Crippen molar-refractivity contribution in [1.29, 1.82) is 0 Å². The molecule has 0 unspecified atom stereocenters. The fraction of sp³-hybridized carbons (Fsp3) is 0.292. The lowest BCUT2D eigenvalue weighted by Crippen LogP contribution is -2.35. The minimum Gasteiger partial charge on any atom is -0.356 e. The average Bonchev–Trinajstić information content (AvgIpc) is 2.85. The number of hydrogen-bond donors (Lipinski definition) is 2. The van der Waals surface area contributed by atoms with Crippen LogP contribution in [-0.4, -0.2) is 43.9 Å². The van der Waals surface area contributed by atoms with E-state index in [9.17, 15) is 9.59 Å². The standard InChI is InChI=1S/C24H28N6O4/c1-17(14-18-8-10-20(11-9-18)29-30-25)15-21(28-23(31)19-6-4-12-26-16-19)24(32)27-13-5-7-22(33-2)34-3/h4,6,8-12,14-16,22H,5,7,13H2,1-3H3,(H,27,32)(H,28,31). The summed E-state index contributed by atoms with van der Waals surface area (Å²) < 4.78 is 10.3. The lowest BCUT2D eigenvalue weighted by Gasteiger charge is -2.14. The topological polar surface area (TPSA) is 138 Å². The van der Waals surface area contributed by atoms with Gasteiger partial charge in [0.15, 0.2) is 6.29 Å². The highest BCUT2D eigenvalue weighted by molar-refractivity contribution is 6.03. The molecule has 0 aliphatic carbocycles. The molecule has 2 rings (SSSR count). The second-order valence-corrected chi connectivity index (χ2v) is 7.22. The Morgan fingerprint density at radius 1 is 1.21 bits per heavy atom. The van der Waals surface area contributed by atoms with Gasteiger partial charge in [0, 0.05) is 50.2 Å². The number of carbonyl (C=O) groups is 2. The van der Waals surface area contributed by atoms with Crippen LogP contribution in [0.1, 0.15) is 35.7 Å². The van der Waals surface area contributed by atoms with Gasteiger partial charge in [0.1, 0.15) is 5.70 Å². The number of pyridine rings is 1. The van der Waals surface area contributed by atoms with E-state index in [1.54, 1.807) is 62.9 Å². The number of allylic oxidation sites excluding steroid dienone is 2. The number of hydrogen-bond acceptors (Lipinski definition) is 6. The van der Waals surface area contributed by atoms with Crippen LogP contribution in [0, 0.1) is 0 Å². The molecule has 0 bridgehead atoms. The zero-order valence-electron chi connectivity index (χ0n) is 19.4. The Morgan fingerprint density at radius 3 is 2.56 bits per heavy atom. The lowest BCUT2D eigenvalue weighted by atomic mass is 10.1. The van der Waals surface area contributed by atoms with E-state index in [1.165, 1.54) is 6.20 Å². The van der Waals surface area contributed by atoms with Crippen molar-refractivity contribution in [3.63, 3.8) is 0 Å². The van der Waals surface area contributed by atoms with Crippen molar-refractivity contribution in [2.45, 2.75) is 26.1 Å². The molecule has 2 N–H and O–H groups in total. The third kappa shape index (κ3) is 8.87. The normalized spacial score (nSPS) is 11.6. The maximum Gasteiger partial charge on any atom is 0.267 e. The van der Waals surface area contributed by atoms with Gasteiger partial charge in [0.05, 0.1) is 5.56 Å². The van der Waals surface area contributed by atoms with E-state index in [4.69, 9.17) is 15.0 Å². The van der Waals surface area contributed by atoms with E-state index in [0.29, 0.717) is 30.6 Å². The summed E-state index contributed by atoms with van der Waals surface area (Å²) in [5, 5.41) is 9.03. The number of rotatable bonds is 12. The van der Waals surface area contributed by atoms with E-state index >= 15 is 0 Å². The Bertz CT molecular complexity index is 1060. The van der Waals surface area contributed by atoms with Crippen LogP contribution >= 0.6 is 0 Å². The number of ether oxygens (including phenoxy) is 2. The third-order valence-electron chi connectivity index (χ3n) is 4.66. The van der Waals surface area contributed by atoms with E-state index < -0.39 is 11.8 Å². The summed E-state index contributed by atoms with van der Waals surface area (Å²) in [6.07, 6.45) is 7.33. The number of nitrogens with one attached hydrogen (secondary N) is 2. The lowest BCUT2D eigenvalue weighted by molar-refractivity contribution is -0.118. The number of amides is 2. The minimum atomic E-state index is -0.445. The van der Waals surface area contributed by atoms with Crippen molar-refractivity contribution >= 4 is 23.6 Å². The van der Waals surface area contributed by atoms with E-state index in [0.717, 1.165) is 11.1 Å². The largest absolute Gasteiger partial charge is 0.356 e. The number of azide groups is 1. The van der Waals surface area contributed by atoms with Crippen molar-refractivity contribution in [2.24, 2.45) is 5.11 Å². The summed E-state index contributed by atoms with van der Waals surface area (Å²) in [5.41, 5.74) is 11.0. The van der Waals surface area contributed by atoms with Gasteiger partial charge in [-0.1, -0.05) is 35.5 Å². The quantitative estimate of drug-likeness (QED) is 0.0919. The highest BCUT2D eigenvalue weighted by atomic mass is 16.7. The predicted octanol–water partition coefficient (Wildman–Crippen LogP) is 4.26. The van der Waals surface area contributed by atoms with E-state index in [2.05, 4.69) is 25.6 Å². The van der Waals surface area contributed by atoms with Gasteiger partial charge in [-0.25, -0.2) is 0 Å². The predicted molar refractivity (Wildman–Crippen MR) is 129 cm³/mol. The molecule has 10 nitrogen and oxygen atoms in total. The highest BCUT2D eigenvalue weighted by Gasteiger charge is 2.15. The second-order valence-electron chi connectivity index (χ2n) is 7.22. The molecule has 0 spiro atoms. The number of carbonyl (C=O) groups excluding carboxylic acids is 2. The molecular weight excluding hydrogens is 436 g/mol. The van der Waals surface area contributed by atoms with Crippen LogP contribution in [0.2, 0.25) is 0 Å². The first-order chi connectivity index (χ1) is 16.5. The summed E-state index contributed by atoms with van der Waals surface area (Å²) in [5.74, 6) is -0.866. The zero-order chi connectivity index (χ0) is 24.8. The molecule has 0 radical (unpaired) electrons. The SMILES string of the molecule is COC(CCCNC(=O)C(=CC(C)=Cc1ccc(N=[N+]=[N-])cc1)NC(=O)c1cccnc1)OC. The van der Waals surface area contributed by atoms with Gasteiger partial charge in [-0.05, 0) is 48.2 Å². The Balaban J connectivity index is 2.17. The van der Waals surface area contributed by atoms with Crippen LogP contribution in [0.3, 0.4) is 0 Å². The summed E-state index contributed by atoms with van der Waals surface area (Å²) >= 11 is 0. The number of methoxy groups -OCH3 is 2. The zero-order valence-corrected chi connectivity index (χ0v) is 19.4. The summed E-state index contributed by atoms with van der Waals surface area (Å²) in [6, 6.07) is 10.2. The number of aromatic nitrogens is 1. The van der Waals surface area contributed by atoms with Gasteiger partial charge in [-0.15, -0.1) is 0 Å². The molecular formula is C24H28N6O4. The molecule has 0 fully saturated rings. The maximum atomic E-state index is 12.9. The van der Waals surface area contributed by atoms with Crippen molar-refractivity contribution in [1.82, 2.24) is 15.6 Å².